The molecule has 5 nitrogen and oxygen atoms in total. The van der Waals surface area contributed by atoms with Crippen molar-refractivity contribution in [3.05, 3.63) is 82.6 Å². The van der Waals surface area contributed by atoms with Gasteiger partial charge in [0.15, 0.2) is 0 Å². The standard InChI is InChI=1S/C20H15ClN4O/c1-13-6-7-15(10-17(13)21)25-20(26)19-9-8-16(12-23-19)24-18-5-3-2-4-14(18)11-22/h2-10,12,24H,1H3,(H,25,26). The van der Waals surface area contributed by atoms with Gasteiger partial charge in [-0.2, -0.15) is 5.26 Å². The van der Waals surface area contributed by atoms with E-state index in [1.54, 1.807) is 48.7 Å². The average Bonchev–Trinajstić information content (AvgIpc) is 2.66. The zero-order valence-electron chi connectivity index (χ0n) is 14.0. The van der Waals surface area contributed by atoms with Crippen LogP contribution in [0.1, 0.15) is 21.6 Å². The van der Waals surface area contributed by atoms with Gasteiger partial charge < -0.3 is 10.6 Å². The van der Waals surface area contributed by atoms with Gasteiger partial charge in [0, 0.05) is 10.7 Å². The number of halogens is 1. The van der Waals surface area contributed by atoms with Crippen LogP contribution in [0.25, 0.3) is 0 Å². The molecule has 0 bridgehead atoms. The van der Waals surface area contributed by atoms with Gasteiger partial charge in [-0.25, -0.2) is 4.98 Å². The number of para-hydroxylation sites is 1. The third-order valence-corrected chi connectivity index (χ3v) is 4.16. The molecule has 6 heteroatoms. The number of hydrogen-bond acceptors (Lipinski definition) is 4. The van der Waals surface area contributed by atoms with Crippen molar-refractivity contribution in [1.82, 2.24) is 4.98 Å². The van der Waals surface area contributed by atoms with E-state index in [0.29, 0.717) is 27.6 Å². The summed E-state index contributed by atoms with van der Waals surface area (Å²) < 4.78 is 0. The smallest absolute Gasteiger partial charge is 0.274 e. The Kier molecular flexibility index (Phi) is 5.16. The molecule has 3 rings (SSSR count). The van der Waals surface area contributed by atoms with Crippen LogP contribution in [0.3, 0.4) is 0 Å². The maximum absolute atomic E-state index is 12.3. The second-order valence-corrected chi connectivity index (χ2v) is 6.04. The van der Waals surface area contributed by atoms with E-state index in [-0.39, 0.29) is 11.6 Å². The predicted molar refractivity (Wildman–Crippen MR) is 103 cm³/mol. The lowest BCUT2D eigenvalue weighted by atomic mass is 10.2. The van der Waals surface area contributed by atoms with Gasteiger partial charge in [-0.05, 0) is 48.9 Å². The second kappa shape index (κ2) is 7.68. The van der Waals surface area contributed by atoms with Crippen LogP contribution in [-0.2, 0) is 0 Å². The van der Waals surface area contributed by atoms with Gasteiger partial charge in [0.2, 0.25) is 0 Å². The summed E-state index contributed by atoms with van der Waals surface area (Å²) in [5.41, 5.74) is 3.73. The number of carbonyl (C=O) groups is 1. The molecular weight excluding hydrogens is 348 g/mol. The number of nitriles is 1. The fourth-order valence-electron chi connectivity index (χ4n) is 2.31. The Hall–Kier alpha value is -3.36. The fraction of sp³-hybridized carbons (Fsp3) is 0.0500. The highest BCUT2D eigenvalue weighted by Crippen LogP contribution is 2.21. The third kappa shape index (κ3) is 4.00. The Bertz CT molecular complexity index is 993. The zero-order chi connectivity index (χ0) is 18.5. The topological polar surface area (TPSA) is 77.8 Å². The maximum atomic E-state index is 12.3. The number of amides is 1. The SMILES string of the molecule is Cc1ccc(NC(=O)c2ccc(Nc3ccccc3C#N)cn2)cc1Cl. The lowest BCUT2D eigenvalue weighted by Gasteiger charge is -2.09. The number of aryl methyl sites for hydroxylation is 1. The van der Waals surface area contributed by atoms with Gasteiger partial charge in [-0.3, -0.25) is 4.79 Å². The Morgan fingerprint density at radius 2 is 1.88 bits per heavy atom. The van der Waals surface area contributed by atoms with E-state index >= 15 is 0 Å². The van der Waals surface area contributed by atoms with Gasteiger partial charge in [-0.15, -0.1) is 0 Å². The van der Waals surface area contributed by atoms with E-state index < -0.39 is 0 Å². The van der Waals surface area contributed by atoms with Crippen molar-refractivity contribution in [2.45, 2.75) is 6.92 Å². The summed E-state index contributed by atoms with van der Waals surface area (Å²) in [4.78, 5) is 16.5. The average molecular weight is 363 g/mol. The lowest BCUT2D eigenvalue weighted by molar-refractivity contribution is 0.102. The first kappa shape index (κ1) is 17.5. The number of benzene rings is 2. The summed E-state index contributed by atoms with van der Waals surface area (Å²) in [5, 5.41) is 15.6. The number of nitrogens with zero attached hydrogens (tertiary/aromatic N) is 2. The molecule has 1 aromatic heterocycles. The number of anilines is 3. The van der Waals surface area contributed by atoms with Gasteiger partial charge in [0.05, 0.1) is 23.1 Å². The van der Waals surface area contributed by atoms with E-state index in [4.69, 9.17) is 16.9 Å². The van der Waals surface area contributed by atoms with Crippen molar-refractivity contribution < 1.29 is 4.79 Å². The summed E-state index contributed by atoms with van der Waals surface area (Å²) in [5.74, 6) is -0.325. The molecule has 0 aliphatic rings. The van der Waals surface area contributed by atoms with Crippen LogP contribution in [-0.4, -0.2) is 10.9 Å². The van der Waals surface area contributed by atoms with E-state index in [2.05, 4.69) is 21.7 Å². The van der Waals surface area contributed by atoms with Gasteiger partial charge >= 0.3 is 0 Å². The quantitative estimate of drug-likeness (QED) is 0.691. The van der Waals surface area contributed by atoms with E-state index in [0.717, 1.165) is 5.56 Å². The first-order valence-electron chi connectivity index (χ1n) is 7.86. The van der Waals surface area contributed by atoms with Crippen LogP contribution in [0.15, 0.2) is 60.8 Å². The van der Waals surface area contributed by atoms with Crippen LogP contribution in [0.5, 0.6) is 0 Å². The third-order valence-electron chi connectivity index (χ3n) is 3.75. The number of aromatic nitrogens is 1. The molecule has 3 aromatic rings. The van der Waals surface area contributed by atoms with E-state index in [1.165, 1.54) is 0 Å². The normalized spacial score (nSPS) is 10.0. The summed E-state index contributed by atoms with van der Waals surface area (Å²) in [6.45, 7) is 1.89. The summed E-state index contributed by atoms with van der Waals surface area (Å²) in [7, 11) is 0. The molecule has 0 radical (unpaired) electrons. The Morgan fingerprint density at radius 1 is 1.12 bits per heavy atom. The molecule has 2 aromatic carbocycles. The highest BCUT2D eigenvalue weighted by molar-refractivity contribution is 6.31. The summed E-state index contributed by atoms with van der Waals surface area (Å²) >= 11 is 6.07. The minimum atomic E-state index is -0.325. The lowest BCUT2D eigenvalue weighted by Crippen LogP contribution is -2.13. The van der Waals surface area contributed by atoms with Crippen molar-refractivity contribution >= 4 is 34.6 Å². The second-order valence-electron chi connectivity index (χ2n) is 5.63. The molecule has 0 aliphatic carbocycles. The molecule has 128 valence electrons. The van der Waals surface area contributed by atoms with Crippen molar-refractivity contribution in [2.24, 2.45) is 0 Å². The Morgan fingerprint density at radius 3 is 2.58 bits per heavy atom. The molecule has 0 spiro atoms. The number of rotatable bonds is 4. The molecule has 26 heavy (non-hydrogen) atoms. The minimum Gasteiger partial charge on any atom is -0.353 e. The molecule has 0 saturated carbocycles. The van der Waals surface area contributed by atoms with Gasteiger partial charge in [-0.1, -0.05) is 29.8 Å². The molecular formula is C20H15ClN4O. The predicted octanol–water partition coefficient (Wildman–Crippen LogP) is 4.91. The van der Waals surface area contributed by atoms with Crippen molar-refractivity contribution in [3.8, 4) is 6.07 Å². The van der Waals surface area contributed by atoms with Gasteiger partial charge in [0.1, 0.15) is 11.8 Å². The largest absolute Gasteiger partial charge is 0.353 e. The summed E-state index contributed by atoms with van der Waals surface area (Å²) in [6, 6.07) is 18.0. The number of nitrogens with one attached hydrogen (secondary N) is 2. The first-order chi connectivity index (χ1) is 12.6. The number of pyridine rings is 1. The molecule has 0 atom stereocenters. The maximum Gasteiger partial charge on any atom is 0.274 e. The number of carbonyl (C=O) groups excluding carboxylic acids is 1. The van der Waals surface area contributed by atoms with Crippen LogP contribution >= 0.6 is 11.6 Å². The molecule has 0 unspecified atom stereocenters. The Labute approximate surface area is 156 Å². The molecule has 1 amide bonds. The van der Waals surface area contributed by atoms with Crippen molar-refractivity contribution in [3.63, 3.8) is 0 Å². The van der Waals surface area contributed by atoms with Crippen molar-refractivity contribution in [1.29, 1.82) is 5.26 Å². The van der Waals surface area contributed by atoms with E-state index in [1.807, 2.05) is 19.1 Å². The highest BCUT2D eigenvalue weighted by atomic mass is 35.5. The van der Waals surface area contributed by atoms with Crippen LogP contribution < -0.4 is 10.6 Å². The van der Waals surface area contributed by atoms with Gasteiger partial charge in [0.25, 0.3) is 5.91 Å². The summed E-state index contributed by atoms with van der Waals surface area (Å²) in [6.07, 6.45) is 1.55. The van der Waals surface area contributed by atoms with E-state index in [9.17, 15) is 4.79 Å². The minimum absolute atomic E-state index is 0.279. The molecule has 1 heterocycles. The molecule has 2 N–H and O–H groups in total. The highest BCUT2D eigenvalue weighted by Gasteiger charge is 2.09. The fourth-order valence-corrected chi connectivity index (χ4v) is 2.49. The molecule has 0 fully saturated rings. The van der Waals surface area contributed by atoms with Crippen molar-refractivity contribution in [2.75, 3.05) is 10.6 Å². The van der Waals surface area contributed by atoms with Crippen LogP contribution in [0.2, 0.25) is 5.02 Å². The number of hydrogen-bond donors (Lipinski definition) is 2. The molecule has 0 saturated heterocycles. The Balaban J connectivity index is 1.71. The zero-order valence-corrected chi connectivity index (χ0v) is 14.7. The van der Waals surface area contributed by atoms with Crippen LogP contribution in [0, 0.1) is 18.3 Å². The first-order valence-corrected chi connectivity index (χ1v) is 8.24. The van der Waals surface area contributed by atoms with Crippen LogP contribution in [0.4, 0.5) is 17.1 Å². The molecule has 0 aliphatic heterocycles. The monoisotopic (exact) mass is 362 g/mol.